The summed E-state index contributed by atoms with van der Waals surface area (Å²) in [4.78, 5) is 4.66. The molecule has 0 aliphatic carbocycles. The predicted octanol–water partition coefficient (Wildman–Crippen LogP) is 3.29. The van der Waals surface area contributed by atoms with Gasteiger partial charge in [-0.2, -0.15) is 0 Å². The standard InChI is InChI=1S/C15H23N3O2/c1-5-7-8-18-12-10-14(20-4)13(19-3)9-11(12)17-15(18)16-6-2/h9-10H,5-8H2,1-4H3,(H,16,17). The number of benzene rings is 1. The van der Waals surface area contributed by atoms with Crippen LogP contribution in [0.15, 0.2) is 12.1 Å². The Morgan fingerprint density at radius 3 is 2.45 bits per heavy atom. The van der Waals surface area contributed by atoms with Crippen LogP contribution in [0.1, 0.15) is 26.7 Å². The number of nitrogens with one attached hydrogen (secondary N) is 1. The summed E-state index contributed by atoms with van der Waals surface area (Å²) in [6, 6.07) is 3.93. The van der Waals surface area contributed by atoms with Gasteiger partial charge in [-0.3, -0.25) is 0 Å². The van der Waals surface area contributed by atoms with Gasteiger partial charge in [-0.25, -0.2) is 4.98 Å². The van der Waals surface area contributed by atoms with Crippen molar-refractivity contribution in [3.63, 3.8) is 0 Å². The van der Waals surface area contributed by atoms with Gasteiger partial charge in [-0.05, 0) is 13.3 Å². The molecule has 0 aliphatic rings. The Morgan fingerprint density at radius 1 is 1.15 bits per heavy atom. The first-order chi connectivity index (χ1) is 9.74. The number of anilines is 1. The fourth-order valence-electron chi connectivity index (χ4n) is 2.29. The van der Waals surface area contributed by atoms with Crippen LogP contribution in [-0.2, 0) is 6.54 Å². The van der Waals surface area contributed by atoms with Crippen molar-refractivity contribution in [1.82, 2.24) is 9.55 Å². The predicted molar refractivity (Wildman–Crippen MR) is 81.9 cm³/mol. The Balaban J connectivity index is 2.55. The first-order valence-corrected chi connectivity index (χ1v) is 7.11. The molecule has 20 heavy (non-hydrogen) atoms. The van der Waals surface area contributed by atoms with Crippen LogP contribution in [0.4, 0.5) is 5.95 Å². The highest BCUT2D eigenvalue weighted by Gasteiger charge is 2.14. The van der Waals surface area contributed by atoms with Crippen LogP contribution in [-0.4, -0.2) is 30.3 Å². The molecule has 2 rings (SSSR count). The average molecular weight is 277 g/mol. The molecule has 0 fully saturated rings. The van der Waals surface area contributed by atoms with Crippen molar-refractivity contribution < 1.29 is 9.47 Å². The maximum Gasteiger partial charge on any atom is 0.203 e. The van der Waals surface area contributed by atoms with Crippen LogP contribution in [0.5, 0.6) is 11.5 Å². The molecule has 1 aromatic carbocycles. The van der Waals surface area contributed by atoms with E-state index in [1.807, 2.05) is 12.1 Å². The SMILES string of the molecule is CCCCn1c(NCC)nc2cc(OC)c(OC)cc21. The second-order valence-corrected chi connectivity index (χ2v) is 4.67. The molecular formula is C15H23N3O2. The zero-order valence-corrected chi connectivity index (χ0v) is 12.7. The van der Waals surface area contributed by atoms with E-state index in [2.05, 4.69) is 28.7 Å². The highest BCUT2D eigenvalue weighted by Crippen LogP contribution is 2.33. The molecule has 0 spiro atoms. The summed E-state index contributed by atoms with van der Waals surface area (Å²) in [5.74, 6) is 2.36. The third-order valence-corrected chi connectivity index (χ3v) is 3.32. The summed E-state index contributed by atoms with van der Waals surface area (Å²) in [6.07, 6.45) is 2.27. The molecule has 5 nitrogen and oxygen atoms in total. The summed E-state index contributed by atoms with van der Waals surface area (Å²) in [5.41, 5.74) is 2.00. The molecule has 0 amide bonds. The number of unbranched alkanes of at least 4 members (excludes halogenated alkanes) is 1. The Labute approximate surface area is 119 Å². The van der Waals surface area contributed by atoms with Gasteiger partial charge in [-0.1, -0.05) is 13.3 Å². The Morgan fingerprint density at radius 2 is 1.85 bits per heavy atom. The smallest absolute Gasteiger partial charge is 0.203 e. The quantitative estimate of drug-likeness (QED) is 0.843. The number of fused-ring (bicyclic) bond motifs is 1. The van der Waals surface area contributed by atoms with E-state index in [9.17, 15) is 0 Å². The highest BCUT2D eigenvalue weighted by atomic mass is 16.5. The van der Waals surface area contributed by atoms with Crippen LogP contribution in [0, 0.1) is 0 Å². The number of ether oxygens (including phenoxy) is 2. The average Bonchev–Trinajstić information content (AvgIpc) is 2.80. The molecule has 0 bridgehead atoms. The third-order valence-electron chi connectivity index (χ3n) is 3.32. The van der Waals surface area contributed by atoms with Gasteiger partial charge in [-0.15, -0.1) is 0 Å². The second kappa shape index (κ2) is 6.50. The van der Waals surface area contributed by atoms with Crippen LogP contribution in [0.2, 0.25) is 0 Å². The van der Waals surface area contributed by atoms with Gasteiger partial charge in [0.2, 0.25) is 5.95 Å². The zero-order valence-electron chi connectivity index (χ0n) is 12.7. The Bertz CT molecular complexity index is 578. The summed E-state index contributed by atoms with van der Waals surface area (Å²) >= 11 is 0. The van der Waals surface area contributed by atoms with Crippen LogP contribution in [0.3, 0.4) is 0 Å². The van der Waals surface area contributed by atoms with Crippen molar-refractivity contribution in [3.8, 4) is 11.5 Å². The Kier molecular flexibility index (Phi) is 4.71. The first-order valence-electron chi connectivity index (χ1n) is 7.11. The highest BCUT2D eigenvalue weighted by molar-refractivity contribution is 5.82. The number of nitrogens with zero attached hydrogens (tertiary/aromatic N) is 2. The first kappa shape index (κ1) is 14.5. The van der Waals surface area contributed by atoms with E-state index < -0.39 is 0 Å². The van der Waals surface area contributed by atoms with Crippen LogP contribution in [0.25, 0.3) is 11.0 Å². The second-order valence-electron chi connectivity index (χ2n) is 4.67. The summed E-state index contributed by atoms with van der Waals surface area (Å²) < 4.78 is 12.9. The van der Waals surface area contributed by atoms with E-state index in [0.717, 1.165) is 48.7 Å². The lowest BCUT2D eigenvalue weighted by Crippen LogP contribution is -2.07. The molecule has 0 saturated carbocycles. The van der Waals surface area contributed by atoms with Crippen LogP contribution >= 0.6 is 0 Å². The number of aryl methyl sites for hydroxylation is 1. The number of aromatic nitrogens is 2. The van der Waals surface area contributed by atoms with Gasteiger partial charge in [0, 0.05) is 25.2 Å². The lowest BCUT2D eigenvalue weighted by atomic mass is 10.2. The van der Waals surface area contributed by atoms with Gasteiger partial charge >= 0.3 is 0 Å². The van der Waals surface area contributed by atoms with E-state index in [-0.39, 0.29) is 0 Å². The van der Waals surface area contributed by atoms with Gasteiger partial charge in [0.25, 0.3) is 0 Å². The molecule has 0 saturated heterocycles. The molecule has 1 N–H and O–H groups in total. The largest absolute Gasteiger partial charge is 0.493 e. The summed E-state index contributed by atoms with van der Waals surface area (Å²) in [5, 5.41) is 3.32. The number of hydrogen-bond acceptors (Lipinski definition) is 4. The minimum Gasteiger partial charge on any atom is -0.493 e. The minimum absolute atomic E-state index is 0.711. The molecule has 0 radical (unpaired) electrons. The van der Waals surface area contributed by atoms with Crippen molar-refractivity contribution in [1.29, 1.82) is 0 Å². The fourth-order valence-corrected chi connectivity index (χ4v) is 2.29. The number of imidazole rings is 1. The summed E-state index contributed by atoms with van der Waals surface area (Å²) in [6.45, 7) is 6.06. The number of methoxy groups -OCH3 is 2. The van der Waals surface area contributed by atoms with Crippen molar-refractivity contribution in [2.45, 2.75) is 33.2 Å². The molecular weight excluding hydrogens is 254 g/mol. The third kappa shape index (κ3) is 2.66. The molecule has 0 unspecified atom stereocenters. The van der Waals surface area contributed by atoms with Gasteiger partial charge in [0.15, 0.2) is 11.5 Å². The van der Waals surface area contributed by atoms with E-state index in [0.29, 0.717) is 5.75 Å². The molecule has 0 aliphatic heterocycles. The normalized spacial score (nSPS) is 10.8. The maximum atomic E-state index is 5.39. The van der Waals surface area contributed by atoms with E-state index in [1.54, 1.807) is 14.2 Å². The van der Waals surface area contributed by atoms with Crippen molar-refractivity contribution in [2.24, 2.45) is 0 Å². The topological polar surface area (TPSA) is 48.3 Å². The van der Waals surface area contributed by atoms with E-state index in [1.165, 1.54) is 0 Å². The summed E-state index contributed by atoms with van der Waals surface area (Å²) in [7, 11) is 3.30. The monoisotopic (exact) mass is 277 g/mol. The fraction of sp³-hybridized carbons (Fsp3) is 0.533. The van der Waals surface area contributed by atoms with E-state index in [4.69, 9.17) is 9.47 Å². The van der Waals surface area contributed by atoms with Gasteiger partial charge in [0.1, 0.15) is 0 Å². The van der Waals surface area contributed by atoms with E-state index >= 15 is 0 Å². The molecule has 1 heterocycles. The van der Waals surface area contributed by atoms with Crippen molar-refractivity contribution in [3.05, 3.63) is 12.1 Å². The van der Waals surface area contributed by atoms with Gasteiger partial charge in [0.05, 0.1) is 25.3 Å². The minimum atomic E-state index is 0.711. The molecule has 110 valence electrons. The molecule has 0 atom stereocenters. The lowest BCUT2D eigenvalue weighted by molar-refractivity contribution is 0.355. The lowest BCUT2D eigenvalue weighted by Gasteiger charge is -2.10. The van der Waals surface area contributed by atoms with Crippen molar-refractivity contribution >= 4 is 17.0 Å². The molecule has 2 aromatic rings. The zero-order chi connectivity index (χ0) is 14.5. The number of hydrogen-bond donors (Lipinski definition) is 1. The molecule has 5 heteroatoms. The maximum absolute atomic E-state index is 5.39. The molecule has 1 aromatic heterocycles. The van der Waals surface area contributed by atoms with Crippen molar-refractivity contribution in [2.75, 3.05) is 26.1 Å². The number of rotatable bonds is 7. The van der Waals surface area contributed by atoms with Gasteiger partial charge < -0.3 is 19.4 Å². The Hall–Kier alpha value is -1.91. The van der Waals surface area contributed by atoms with Crippen LogP contribution < -0.4 is 14.8 Å².